The first-order valence-corrected chi connectivity index (χ1v) is 9.92. The quantitative estimate of drug-likeness (QED) is 0.565. The number of nitrogens with zero attached hydrogens (tertiary/aromatic N) is 3. The van der Waals surface area contributed by atoms with Gasteiger partial charge in [0.2, 0.25) is 5.91 Å². The van der Waals surface area contributed by atoms with Crippen molar-refractivity contribution in [3.8, 4) is 0 Å². The number of H-pyrrole nitrogens is 1. The molecular weight excluding hydrogens is 358 g/mol. The van der Waals surface area contributed by atoms with Crippen molar-refractivity contribution in [1.82, 2.24) is 15.2 Å². The van der Waals surface area contributed by atoms with Gasteiger partial charge in [-0.1, -0.05) is 23.5 Å². The molecule has 5 rings (SSSR count). The molecule has 2 aromatic heterocycles. The van der Waals surface area contributed by atoms with E-state index in [0.29, 0.717) is 6.54 Å². The van der Waals surface area contributed by atoms with Crippen LogP contribution in [0.4, 0.5) is 10.8 Å². The number of hydrogen-bond acceptors (Lipinski definition) is 5. The van der Waals surface area contributed by atoms with Crippen LogP contribution in [0.25, 0.3) is 21.1 Å². The third-order valence-corrected chi connectivity index (χ3v) is 6.15. The summed E-state index contributed by atoms with van der Waals surface area (Å²) >= 11 is 1.70. The van der Waals surface area contributed by atoms with Gasteiger partial charge in [-0.25, -0.2) is 4.98 Å². The lowest BCUT2D eigenvalue weighted by Crippen LogP contribution is -2.40. The molecule has 0 aliphatic carbocycles. The maximum atomic E-state index is 12.8. The van der Waals surface area contributed by atoms with Crippen LogP contribution in [0.1, 0.15) is 12.8 Å². The summed E-state index contributed by atoms with van der Waals surface area (Å²) in [6, 6.07) is 14.0. The van der Waals surface area contributed by atoms with E-state index in [-0.39, 0.29) is 11.8 Å². The number of thiazole rings is 1. The fourth-order valence-electron chi connectivity index (χ4n) is 3.62. The van der Waals surface area contributed by atoms with Crippen LogP contribution in [0, 0.1) is 5.92 Å². The van der Waals surface area contributed by atoms with Crippen molar-refractivity contribution in [2.75, 3.05) is 23.3 Å². The Labute approximate surface area is 160 Å². The number of carbonyl (C=O) groups excluding carboxylic acids is 1. The van der Waals surface area contributed by atoms with Gasteiger partial charge in [0.1, 0.15) is 0 Å². The van der Waals surface area contributed by atoms with E-state index in [9.17, 15) is 4.79 Å². The minimum Gasteiger partial charge on any atom is -0.347 e. The molecular formula is C20H19N5OS. The van der Waals surface area contributed by atoms with Crippen molar-refractivity contribution in [1.29, 1.82) is 0 Å². The van der Waals surface area contributed by atoms with Gasteiger partial charge in [-0.05, 0) is 43.2 Å². The SMILES string of the molecule is O=C(Nc1ccc2cn[nH]c2c1)C1CCCN(c2nc3ccccc3s2)C1. The van der Waals surface area contributed by atoms with Gasteiger partial charge in [0.05, 0.1) is 27.8 Å². The lowest BCUT2D eigenvalue weighted by Gasteiger charge is -2.31. The van der Waals surface area contributed by atoms with Gasteiger partial charge in [-0.15, -0.1) is 0 Å². The zero-order valence-corrected chi connectivity index (χ0v) is 15.5. The van der Waals surface area contributed by atoms with E-state index in [1.54, 1.807) is 17.5 Å². The summed E-state index contributed by atoms with van der Waals surface area (Å²) < 4.78 is 1.19. The van der Waals surface area contributed by atoms with Crippen molar-refractivity contribution in [2.45, 2.75) is 12.8 Å². The highest BCUT2D eigenvalue weighted by Crippen LogP contribution is 2.31. The summed E-state index contributed by atoms with van der Waals surface area (Å²) in [5, 5.41) is 12.1. The van der Waals surface area contributed by atoms with Gasteiger partial charge in [-0.2, -0.15) is 5.10 Å². The van der Waals surface area contributed by atoms with Crippen LogP contribution >= 0.6 is 11.3 Å². The molecule has 1 unspecified atom stereocenters. The Hall–Kier alpha value is -2.93. The third-order valence-electron chi connectivity index (χ3n) is 5.05. The number of rotatable bonds is 3. The number of amides is 1. The number of anilines is 2. The van der Waals surface area contributed by atoms with Crippen molar-refractivity contribution >= 4 is 49.2 Å². The fraction of sp³-hybridized carbons (Fsp3) is 0.250. The molecule has 6 nitrogen and oxygen atoms in total. The topological polar surface area (TPSA) is 73.9 Å². The van der Waals surface area contributed by atoms with E-state index in [0.717, 1.165) is 46.6 Å². The maximum absolute atomic E-state index is 12.8. The van der Waals surface area contributed by atoms with Crippen LogP contribution in [0.15, 0.2) is 48.7 Å². The van der Waals surface area contributed by atoms with Crippen molar-refractivity contribution in [2.24, 2.45) is 5.92 Å². The molecule has 4 aromatic rings. The fourth-order valence-corrected chi connectivity index (χ4v) is 4.62. The predicted octanol–water partition coefficient (Wildman–Crippen LogP) is 4.03. The normalized spacial score (nSPS) is 17.5. The molecule has 0 bridgehead atoms. The molecule has 136 valence electrons. The standard InChI is InChI=1S/C20H19N5OS/c26-19(22-15-8-7-13-11-21-24-17(13)10-15)14-4-3-9-25(12-14)20-23-16-5-1-2-6-18(16)27-20/h1-2,5-8,10-11,14H,3-4,9,12H2,(H,21,24)(H,22,26). The second kappa shape index (κ2) is 6.66. The number of nitrogens with one attached hydrogen (secondary N) is 2. The van der Waals surface area contributed by atoms with Gasteiger partial charge in [0.25, 0.3) is 0 Å². The number of benzene rings is 2. The molecule has 27 heavy (non-hydrogen) atoms. The number of aromatic amines is 1. The van der Waals surface area contributed by atoms with Gasteiger partial charge in [0.15, 0.2) is 5.13 Å². The Morgan fingerprint density at radius 3 is 3.11 bits per heavy atom. The number of para-hydroxylation sites is 1. The minimum atomic E-state index is -0.0387. The Kier molecular flexibility index (Phi) is 4.01. The second-order valence-corrected chi connectivity index (χ2v) is 7.92. The van der Waals surface area contributed by atoms with E-state index < -0.39 is 0 Å². The summed E-state index contributed by atoms with van der Waals surface area (Å²) in [7, 11) is 0. The smallest absolute Gasteiger partial charge is 0.229 e. The summed E-state index contributed by atoms with van der Waals surface area (Å²) in [6.07, 6.45) is 3.67. The molecule has 2 N–H and O–H groups in total. The molecule has 2 aromatic carbocycles. The van der Waals surface area contributed by atoms with E-state index in [4.69, 9.17) is 4.98 Å². The van der Waals surface area contributed by atoms with Crippen LogP contribution in [-0.2, 0) is 4.79 Å². The zero-order valence-electron chi connectivity index (χ0n) is 14.7. The van der Waals surface area contributed by atoms with Gasteiger partial charge in [-0.3, -0.25) is 9.89 Å². The average molecular weight is 377 g/mol. The zero-order chi connectivity index (χ0) is 18.2. The second-order valence-electron chi connectivity index (χ2n) is 6.91. The monoisotopic (exact) mass is 377 g/mol. The van der Waals surface area contributed by atoms with Crippen LogP contribution in [0.5, 0.6) is 0 Å². The van der Waals surface area contributed by atoms with Crippen molar-refractivity contribution in [3.63, 3.8) is 0 Å². The first-order valence-electron chi connectivity index (χ1n) is 9.11. The Bertz CT molecular complexity index is 1080. The van der Waals surface area contributed by atoms with Crippen LogP contribution < -0.4 is 10.2 Å². The summed E-state index contributed by atoms with van der Waals surface area (Å²) in [5.41, 5.74) is 2.75. The lowest BCUT2D eigenvalue weighted by molar-refractivity contribution is -0.120. The van der Waals surface area contributed by atoms with Crippen LogP contribution in [0.3, 0.4) is 0 Å². The molecule has 1 aliphatic heterocycles. The minimum absolute atomic E-state index is 0.0387. The number of aromatic nitrogens is 3. The van der Waals surface area contributed by atoms with Crippen LogP contribution in [0.2, 0.25) is 0 Å². The van der Waals surface area contributed by atoms with E-state index in [2.05, 4.69) is 26.5 Å². The van der Waals surface area contributed by atoms with Gasteiger partial charge < -0.3 is 10.2 Å². The summed E-state index contributed by atoms with van der Waals surface area (Å²) in [4.78, 5) is 19.8. The molecule has 0 spiro atoms. The first kappa shape index (κ1) is 16.3. The van der Waals surface area contributed by atoms with E-state index in [1.807, 2.05) is 36.4 Å². The molecule has 0 radical (unpaired) electrons. The molecule has 3 heterocycles. The molecule has 7 heteroatoms. The van der Waals surface area contributed by atoms with E-state index in [1.165, 1.54) is 4.70 Å². The van der Waals surface area contributed by atoms with Crippen molar-refractivity contribution in [3.05, 3.63) is 48.7 Å². The van der Waals surface area contributed by atoms with E-state index >= 15 is 0 Å². The Balaban J connectivity index is 1.31. The van der Waals surface area contributed by atoms with Gasteiger partial charge in [0, 0.05) is 24.2 Å². The average Bonchev–Trinajstić information content (AvgIpc) is 3.34. The number of hydrogen-bond donors (Lipinski definition) is 2. The largest absolute Gasteiger partial charge is 0.347 e. The molecule has 1 aliphatic rings. The number of fused-ring (bicyclic) bond motifs is 2. The molecule has 1 saturated heterocycles. The highest BCUT2D eigenvalue weighted by molar-refractivity contribution is 7.22. The summed E-state index contributed by atoms with van der Waals surface area (Å²) in [6.45, 7) is 1.65. The summed E-state index contributed by atoms with van der Waals surface area (Å²) in [5.74, 6) is 0.0305. The first-order chi connectivity index (χ1) is 13.3. The Morgan fingerprint density at radius 1 is 1.26 bits per heavy atom. The molecule has 1 atom stereocenters. The maximum Gasteiger partial charge on any atom is 0.229 e. The molecule has 1 amide bonds. The van der Waals surface area contributed by atoms with Gasteiger partial charge >= 0.3 is 0 Å². The molecule has 1 fully saturated rings. The lowest BCUT2D eigenvalue weighted by atomic mass is 9.97. The highest BCUT2D eigenvalue weighted by Gasteiger charge is 2.27. The number of piperidine rings is 1. The molecule has 0 saturated carbocycles. The van der Waals surface area contributed by atoms with Crippen LogP contribution in [-0.4, -0.2) is 34.2 Å². The van der Waals surface area contributed by atoms with Crippen molar-refractivity contribution < 1.29 is 4.79 Å². The highest BCUT2D eigenvalue weighted by atomic mass is 32.1. The Morgan fingerprint density at radius 2 is 2.19 bits per heavy atom. The predicted molar refractivity (Wildman–Crippen MR) is 109 cm³/mol. The number of carbonyl (C=O) groups is 1. The third kappa shape index (κ3) is 3.14.